The van der Waals surface area contributed by atoms with Gasteiger partial charge in [0.05, 0.1) is 24.9 Å². The van der Waals surface area contributed by atoms with Gasteiger partial charge in [-0.2, -0.15) is 0 Å². The van der Waals surface area contributed by atoms with Gasteiger partial charge >= 0.3 is 0 Å². The van der Waals surface area contributed by atoms with Crippen LogP contribution in [0.4, 0.5) is 5.00 Å². The number of ether oxygens (including phenoxy) is 1. The van der Waals surface area contributed by atoms with E-state index in [1.807, 2.05) is 20.0 Å². The number of nitrogens with zero attached hydrogens (tertiary/aromatic N) is 2. The van der Waals surface area contributed by atoms with Crippen LogP contribution >= 0.6 is 11.3 Å². The van der Waals surface area contributed by atoms with Crippen molar-refractivity contribution in [1.82, 2.24) is 4.98 Å². The highest BCUT2D eigenvalue weighted by molar-refractivity contribution is 7.15. The second-order valence-electron chi connectivity index (χ2n) is 4.32. The molecule has 0 atom stereocenters. The molecule has 5 heteroatoms. The summed E-state index contributed by atoms with van der Waals surface area (Å²) in [5.41, 5.74) is 5.67. The Hall–Kier alpha value is -0.650. The predicted octanol–water partition coefficient (Wildman–Crippen LogP) is 1.17. The van der Waals surface area contributed by atoms with Crippen molar-refractivity contribution in [2.45, 2.75) is 19.4 Å². The molecule has 2 rings (SSSR count). The molecule has 0 radical (unpaired) electrons. The van der Waals surface area contributed by atoms with Crippen molar-refractivity contribution in [3.05, 3.63) is 11.2 Å². The number of hydrogen-bond acceptors (Lipinski definition) is 5. The Balaban J connectivity index is 2.12. The van der Waals surface area contributed by atoms with Gasteiger partial charge in [-0.15, -0.1) is 0 Å². The molecule has 1 fully saturated rings. The molecular formula is C10H17N3OS. The zero-order chi connectivity index (χ0) is 10.9. The quantitative estimate of drug-likeness (QED) is 0.824. The number of hydrogen-bond donors (Lipinski definition) is 1. The van der Waals surface area contributed by atoms with Gasteiger partial charge in [-0.25, -0.2) is 4.98 Å². The monoisotopic (exact) mass is 227 g/mol. The lowest BCUT2D eigenvalue weighted by Crippen LogP contribution is -2.35. The fourth-order valence-corrected chi connectivity index (χ4v) is 2.48. The highest BCUT2D eigenvalue weighted by atomic mass is 32.1. The number of morpholine rings is 1. The summed E-state index contributed by atoms with van der Waals surface area (Å²) in [6.45, 7) is 7.47. The van der Waals surface area contributed by atoms with Gasteiger partial charge in [0.15, 0.2) is 0 Å². The van der Waals surface area contributed by atoms with E-state index in [0.29, 0.717) is 0 Å². The Kier molecular flexibility index (Phi) is 2.95. The van der Waals surface area contributed by atoms with Gasteiger partial charge in [0.2, 0.25) is 0 Å². The van der Waals surface area contributed by atoms with Gasteiger partial charge in [-0.1, -0.05) is 11.3 Å². The average molecular weight is 227 g/mol. The summed E-state index contributed by atoms with van der Waals surface area (Å²) in [6, 6.07) is 0. The highest BCUT2D eigenvalue weighted by Gasteiger charge is 2.21. The Bertz CT molecular complexity index is 326. The maximum atomic E-state index is 6.00. The van der Waals surface area contributed by atoms with Crippen molar-refractivity contribution in [3.8, 4) is 0 Å². The third-order valence-electron chi connectivity index (χ3n) is 2.37. The molecule has 1 aromatic heterocycles. The maximum absolute atomic E-state index is 6.00. The van der Waals surface area contributed by atoms with E-state index in [-0.39, 0.29) is 5.54 Å². The first-order chi connectivity index (χ1) is 7.07. The van der Waals surface area contributed by atoms with Crippen LogP contribution in [0.1, 0.15) is 18.9 Å². The third kappa shape index (κ3) is 2.48. The summed E-state index contributed by atoms with van der Waals surface area (Å²) >= 11 is 1.68. The molecule has 1 saturated heterocycles. The Labute approximate surface area is 94.1 Å². The predicted molar refractivity (Wildman–Crippen MR) is 62.4 cm³/mol. The fraction of sp³-hybridized carbons (Fsp3) is 0.700. The number of thiazole rings is 1. The molecule has 1 aliphatic heterocycles. The average Bonchev–Trinajstić information content (AvgIpc) is 2.67. The molecule has 0 spiro atoms. The molecule has 0 amide bonds. The molecule has 2 N–H and O–H groups in total. The molecule has 0 saturated carbocycles. The molecule has 0 unspecified atom stereocenters. The van der Waals surface area contributed by atoms with Crippen LogP contribution in [0.2, 0.25) is 0 Å². The van der Waals surface area contributed by atoms with Gasteiger partial charge in [0.1, 0.15) is 10.0 Å². The van der Waals surface area contributed by atoms with E-state index >= 15 is 0 Å². The molecule has 0 aliphatic carbocycles. The van der Waals surface area contributed by atoms with Crippen molar-refractivity contribution in [1.29, 1.82) is 0 Å². The Morgan fingerprint density at radius 3 is 2.67 bits per heavy atom. The van der Waals surface area contributed by atoms with Crippen LogP contribution in [0.5, 0.6) is 0 Å². The molecule has 84 valence electrons. The van der Waals surface area contributed by atoms with E-state index < -0.39 is 0 Å². The first-order valence-electron chi connectivity index (χ1n) is 5.15. The minimum absolute atomic E-state index is 0.338. The van der Waals surface area contributed by atoms with Crippen LogP contribution in [0, 0.1) is 0 Å². The van der Waals surface area contributed by atoms with Crippen molar-refractivity contribution in [2.75, 3.05) is 31.2 Å². The van der Waals surface area contributed by atoms with Gasteiger partial charge in [-0.3, -0.25) is 0 Å². The lowest BCUT2D eigenvalue weighted by molar-refractivity contribution is 0.123. The molecular weight excluding hydrogens is 210 g/mol. The van der Waals surface area contributed by atoms with Gasteiger partial charge in [0, 0.05) is 13.1 Å². The Morgan fingerprint density at radius 2 is 2.13 bits per heavy atom. The summed E-state index contributed by atoms with van der Waals surface area (Å²) in [4.78, 5) is 6.68. The van der Waals surface area contributed by atoms with Crippen LogP contribution in [0.15, 0.2) is 6.20 Å². The standard InChI is InChI=1S/C10H17N3OS/c1-10(2,11)9-12-7-8(15-9)13-3-5-14-6-4-13/h7H,3-6,11H2,1-2H3. The number of rotatable bonds is 2. The first kappa shape index (κ1) is 10.9. The Morgan fingerprint density at radius 1 is 1.47 bits per heavy atom. The van der Waals surface area contributed by atoms with E-state index in [1.54, 1.807) is 11.3 Å². The summed E-state index contributed by atoms with van der Waals surface area (Å²) in [6.07, 6.45) is 1.92. The molecule has 4 nitrogen and oxygen atoms in total. The normalized spacial score (nSPS) is 18.2. The summed E-state index contributed by atoms with van der Waals surface area (Å²) in [5.74, 6) is 0. The van der Waals surface area contributed by atoms with Crippen LogP contribution < -0.4 is 10.6 Å². The van der Waals surface area contributed by atoms with Crippen molar-refractivity contribution < 1.29 is 4.74 Å². The van der Waals surface area contributed by atoms with E-state index in [4.69, 9.17) is 10.5 Å². The maximum Gasteiger partial charge on any atom is 0.114 e. The lowest BCUT2D eigenvalue weighted by atomic mass is 10.1. The van der Waals surface area contributed by atoms with Crippen molar-refractivity contribution in [2.24, 2.45) is 5.73 Å². The third-order valence-corrected chi connectivity index (χ3v) is 3.77. The minimum atomic E-state index is -0.338. The minimum Gasteiger partial charge on any atom is -0.378 e. The van der Waals surface area contributed by atoms with Crippen LogP contribution in [-0.4, -0.2) is 31.3 Å². The second kappa shape index (κ2) is 4.08. The molecule has 15 heavy (non-hydrogen) atoms. The van der Waals surface area contributed by atoms with Crippen molar-refractivity contribution >= 4 is 16.3 Å². The largest absolute Gasteiger partial charge is 0.378 e. The van der Waals surface area contributed by atoms with Gasteiger partial charge < -0.3 is 15.4 Å². The fourth-order valence-electron chi connectivity index (χ4n) is 1.49. The number of anilines is 1. The smallest absolute Gasteiger partial charge is 0.114 e. The topological polar surface area (TPSA) is 51.4 Å². The molecule has 0 bridgehead atoms. The highest BCUT2D eigenvalue weighted by Crippen LogP contribution is 2.29. The van der Waals surface area contributed by atoms with Crippen LogP contribution in [0.3, 0.4) is 0 Å². The van der Waals surface area contributed by atoms with E-state index in [9.17, 15) is 0 Å². The van der Waals surface area contributed by atoms with Gasteiger partial charge in [0.25, 0.3) is 0 Å². The van der Waals surface area contributed by atoms with E-state index in [1.165, 1.54) is 5.00 Å². The number of nitrogens with two attached hydrogens (primary N) is 1. The zero-order valence-electron chi connectivity index (χ0n) is 9.19. The summed E-state index contributed by atoms with van der Waals surface area (Å²) < 4.78 is 5.31. The first-order valence-corrected chi connectivity index (χ1v) is 5.97. The molecule has 1 aromatic rings. The van der Waals surface area contributed by atoms with E-state index in [0.717, 1.165) is 31.3 Å². The van der Waals surface area contributed by atoms with Crippen LogP contribution in [0.25, 0.3) is 0 Å². The lowest BCUT2D eigenvalue weighted by Gasteiger charge is -2.26. The van der Waals surface area contributed by atoms with E-state index in [2.05, 4.69) is 9.88 Å². The zero-order valence-corrected chi connectivity index (χ0v) is 10.0. The summed E-state index contributed by atoms with van der Waals surface area (Å²) in [5, 5.41) is 2.19. The second-order valence-corrected chi connectivity index (χ2v) is 5.33. The molecule has 1 aliphatic rings. The number of aromatic nitrogens is 1. The van der Waals surface area contributed by atoms with Crippen molar-refractivity contribution in [3.63, 3.8) is 0 Å². The van der Waals surface area contributed by atoms with Gasteiger partial charge in [-0.05, 0) is 13.8 Å². The summed E-state index contributed by atoms with van der Waals surface area (Å²) in [7, 11) is 0. The van der Waals surface area contributed by atoms with Crippen LogP contribution in [-0.2, 0) is 10.3 Å². The molecule has 2 heterocycles. The molecule has 0 aromatic carbocycles. The SMILES string of the molecule is CC(C)(N)c1ncc(N2CCOCC2)s1.